The number of pyridine rings is 1. The Labute approximate surface area is 148 Å². The number of aromatic nitrogens is 1. The number of carbonyl (C=O) groups is 2. The molecule has 0 bridgehead atoms. The van der Waals surface area contributed by atoms with Crippen LogP contribution in [0.4, 0.5) is 0 Å². The standard InChI is InChI=1S/C20H16N2O4/c23-18-15-8-4-3-6-13(15)9-16(21-18)19(24)22-11-14-7-2-1-5-12(14)10-17(22)20(25)26/h1-9,17H,10-11H2,(H,21,23)(H,25,26)/t17-/m1/s1. The maximum Gasteiger partial charge on any atom is 0.326 e. The average Bonchev–Trinajstić information content (AvgIpc) is 2.66. The molecule has 0 fully saturated rings. The third-order valence-electron chi connectivity index (χ3n) is 4.78. The van der Waals surface area contributed by atoms with Crippen LogP contribution in [0.3, 0.4) is 0 Å². The number of nitrogens with zero attached hydrogens (tertiary/aromatic N) is 1. The Morgan fingerprint density at radius 2 is 1.73 bits per heavy atom. The van der Waals surface area contributed by atoms with E-state index in [4.69, 9.17) is 0 Å². The van der Waals surface area contributed by atoms with E-state index in [9.17, 15) is 19.5 Å². The zero-order chi connectivity index (χ0) is 18.3. The Bertz CT molecular complexity index is 1090. The number of hydrogen-bond donors (Lipinski definition) is 2. The molecule has 1 aromatic heterocycles. The van der Waals surface area contributed by atoms with Gasteiger partial charge in [-0.15, -0.1) is 0 Å². The van der Waals surface area contributed by atoms with E-state index in [-0.39, 0.29) is 24.2 Å². The molecule has 0 unspecified atom stereocenters. The number of fused-ring (bicyclic) bond motifs is 2. The van der Waals surface area contributed by atoms with Gasteiger partial charge >= 0.3 is 5.97 Å². The van der Waals surface area contributed by atoms with Crippen LogP contribution in [0.2, 0.25) is 0 Å². The first-order valence-corrected chi connectivity index (χ1v) is 8.27. The van der Waals surface area contributed by atoms with Crippen molar-refractivity contribution in [2.45, 2.75) is 19.0 Å². The Hall–Kier alpha value is -3.41. The van der Waals surface area contributed by atoms with E-state index in [1.807, 2.05) is 24.3 Å². The molecule has 0 radical (unpaired) electrons. The summed E-state index contributed by atoms with van der Waals surface area (Å²) in [5.41, 5.74) is 1.58. The molecule has 4 rings (SSSR count). The van der Waals surface area contributed by atoms with Crippen molar-refractivity contribution in [2.24, 2.45) is 0 Å². The van der Waals surface area contributed by atoms with E-state index < -0.39 is 17.9 Å². The van der Waals surface area contributed by atoms with Crippen LogP contribution < -0.4 is 5.56 Å². The van der Waals surface area contributed by atoms with Crippen LogP contribution in [0.15, 0.2) is 59.4 Å². The molecule has 2 aromatic carbocycles. The topological polar surface area (TPSA) is 90.5 Å². The molecule has 26 heavy (non-hydrogen) atoms. The van der Waals surface area contributed by atoms with Gasteiger partial charge in [0.05, 0.1) is 0 Å². The van der Waals surface area contributed by atoms with Gasteiger partial charge in [0, 0.05) is 18.4 Å². The summed E-state index contributed by atoms with van der Waals surface area (Å²) in [6.07, 6.45) is 0.245. The molecule has 1 aliphatic heterocycles. The normalized spacial score (nSPS) is 16.3. The van der Waals surface area contributed by atoms with Crippen molar-refractivity contribution in [1.82, 2.24) is 9.88 Å². The molecule has 3 aromatic rings. The lowest BCUT2D eigenvalue weighted by Gasteiger charge is -2.34. The number of carbonyl (C=O) groups excluding carboxylic acids is 1. The second-order valence-corrected chi connectivity index (χ2v) is 6.36. The number of aliphatic carboxylic acids is 1. The SMILES string of the molecule is O=C(O)[C@H]1Cc2ccccc2CN1C(=O)c1cc2ccccc2c(=O)[nH]1. The highest BCUT2D eigenvalue weighted by Gasteiger charge is 2.35. The van der Waals surface area contributed by atoms with E-state index in [2.05, 4.69) is 4.98 Å². The van der Waals surface area contributed by atoms with Gasteiger partial charge in [0.1, 0.15) is 11.7 Å². The molecule has 1 aliphatic rings. The third kappa shape index (κ3) is 2.65. The number of carboxylic acid groups (broad SMARTS) is 1. The molecule has 130 valence electrons. The van der Waals surface area contributed by atoms with Crippen LogP contribution in [0, 0.1) is 0 Å². The molecule has 0 spiro atoms. The fraction of sp³-hybridized carbons (Fsp3) is 0.150. The quantitative estimate of drug-likeness (QED) is 0.743. The fourth-order valence-corrected chi connectivity index (χ4v) is 3.44. The van der Waals surface area contributed by atoms with Crippen molar-refractivity contribution in [3.05, 3.63) is 81.8 Å². The van der Waals surface area contributed by atoms with Crippen molar-refractivity contribution in [1.29, 1.82) is 0 Å². The van der Waals surface area contributed by atoms with Gasteiger partial charge in [-0.05, 0) is 28.6 Å². The number of H-pyrrole nitrogens is 1. The molecule has 1 atom stereocenters. The van der Waals surface area contributed by atoms with Crippen molar-refractivity contribution >= 4 is 22.6 Å². The molecule has 0 saturated carbocycles. The van der Waals surface area contributed by atoms with E-state index in [1.54, 1.807) is 30.3 Å². The summed E-state index contributed by atoms with van der Waals surface area (Å²) in [6, 6.07) is 15.1. The summed E-state index contributed by atoms with van der Waals surface area (Å²) >= 11 is 0. The van der Waals surface area contributed by atoms with Gasteiger partial charge in [-0.1, -0.05) is 42.5 Å². The smallest absolute Gasteiger partial charge is 0.326 e. The average molecular weight is 348 g/mol. The summed E-state index contributed by atoms with van der Waals surface area (Å²) in [5, 5.41) is 10.7. The number of amides is 1. The van der Waals surface area contributed by atoms with Crippen LogP contribution in [0.1, 0.15) is 21.6 Å². The lowest BCUT2D eigenvalue weighted by atomic mass is 9.93. The van der Waals surface area contributed by atoms with Crippen molar-refractivity contribution in [3.8, 4) is 0 Å². The predicted molar refractivity (Wildman–Crippen MR) is 96.0 cm³/mol. The van der Waals surface area contributed by atoms with E-state index >= 15 is 0 Å². The second kappa shape index (κ2) is 6.15. The van der Waals surface area contributed by atoms with Crippen molar-refractivity contribution in [3.63, 3.8) is 0 Å². The highest BCUT2D eigenvalue weighted by atomic mass is 16.4. The maximum atomic E-state index is 13.0. The minimum absolute atomic E-state index is 0.0966. The highest BCUT2D eigenvalue weighted by Crippen LogP contribution is 2.25. The maximum absolute atomic E-state index is 13.0. The second-order valence-electron chi connectivity index (χ2n) is 6.36. The van der Waals surface area contributed by atoms with Crippen LogP contribution >= 0.6 is 0 Å². The number of benzene rings is 2. The van der Waals surface area contributed by atoms with Gasteiger partial charge in [-0.2, -0.15) is 0 Å². The van der Waals surface area contributed by atoms with Gasteiger partial charge in [-0.25, -0.2) is 4.79 Å². The van der Waals surface area contributed by atoms with E-state index in [1.165, 1.54) is 4.90 Å². The molecule has 1 amide bonds. The van der Waals surface area contributed by atoms with Crippen LogP contribution in [-0.4, -0.2) is 32.9 Å². The molecule has 6 heteroatoms. The molecular formula is C20H16N2O4. The Kier molecular flexibility index (Phi) is 3.80. The summed E-state index contributed by atoms with van der Waals surface area (Å²) in [7, 11) is 0. The predicted octanol–water partition coefficient (Wildman–Crippen LogP) is 2.18. The molecule has 0 aliphatic carbocycles. The first-order chi connectivity index (χ1) is 12.5. The van der Waals surface area contributed by atoms with Crippen LogP contribution in [-0.2, 0) is 17.8 Å². The number of aromatic amines is 1. The van der Waals surface area contributed by atoms with Gasteiger partial charge in [0.25, 0.3) is 11.5 Å². The Balaban J connectivity index is 1.77. The van der Waals surface area contributed by atoms with Crippen LogP contribution in [0.5, 0.6) is 0 Å². The number of hydrogen-bond acceptors (Lipinski definition) is 3. The van der Waals surface area contributed by atoms with E-state index in [0.29, 0.717) is 10.8 Å². The van der Waals surface area contributed by atoms with Gasteiger partial charge in [0.15, 0.2) is 0 Å². The summed E-state index contributed by atoms with van der Waals surface area (Å²) < 4.78 is 0. The third-order valence-corrected chi connectivity index (χ3v) is 4.78. The molecule has 2 heterocycles. The Morgan fingerprint density at radius 1 is 1.04 bits per heavy atom. The molecule has 0 saturated heterocycles. The highest BCUT2D eigenvalue weighted by molar-refractivity contribution is 5.98. The van der Waals surface area contributed by atoms with Gasteiger partial charge in [0.2, 0.25) is 0 Å². The lowest BCUT2D eigenvalue weighted by Crippen LogP contribution is -2.49. The van der Waals surface area contributed by atoms with Crippen molar-refractivity contribution < 1.29 is 14.7 Å². The zero-order valence-corrected chi connectivity index (χ0v) is 13.8. The number of rotatable bonds is 2. The monoisotopic (exact) mass is 348 g/mol. The largest absolute Gasteiger partial charge is 0.480 e. The zero-order valence-electron chi connectivity index (χ0n) is 13.8. The van der Waals surface area contributed by atoms with Crippen LogP contribution in [0.25, 0.3) is 10.8 Å². The number of nitrogens with one attached hydrogen (secondary N) is 1. The minimum Gasteiger partial charge on any atom is -0.480 e. The molecule has 6 nitrogen and oxygen atoms in total. The first-order valence-electron chi connectivity index (χ1n) is 8.27. The number of carboxylic acids is 1. The minimum atomic E-state index is -1.06. The van der Waals surface area contributed by atoms with Gasteiger partial charge < -0.3 is 15.0 Å². The lowest BCUT2D eigenvalue weighted by molar-refractivity contribution is -0.142. The molecular weight excluding hydrogens is 332 g/mol. The first kappa shape index (κ1) is 16.1. The van der Waals surface area contributed by atoms with E-state index in [0.717, 1.165) is 11.1 Å². The molecule has 2 N–H and O–H groups in total. The summed E-state index contributed by atoms with van der Waals surface area (Å²) in [4.78, 5) is 40.9. The summed E-state index contributed by atoms with van der Waals surface area (Å²) in [5.74, 6) is -1.55. The summed E-state index contributed by atoms with van der Waals surface area (Å²) in [6.45, 7) is 0.195. The fourth-order valence-electron chi connectivity index (χ4n) is 3.44. The van der Waals surface area contributed by atoms with Gasteiger partial charge in [-0.3, -0.25) is 9.59 Å². The Morgan fingerprint density at radius 3 is 2.50 bits per heavy atom. The van der Waals surface area contributed by atoms with Crippen molar-refractivity contribution in [2.75, 3.05) is 0 Å².